The van der Waals surface area contributed by atoms with Gasteiger partial charge in [0.25, 0.3) is 0 Å². The Morgan fingerprint density at radius 3 is 3.00 bits per heavy atom. The maximum Gasteiger partial charge on any atom is 0.319 e. The monoisotopic (exact) mass is 282 g/mol. The summed E-state index contributed by atoms with van der Waals surface area (Å²) in [7, 11) is 0. The van der Waals surface area contributed by atoms with Crippen LogP contribution in [0.2, 0.25) is 0 Å². The van der Waals surface area contributed by atoms with Crippen LogP contribution in [0.3, 0.4) is 0 Å². The van der Waals surface area contributed by atoms with Gasteiger partial charge < -0.3 is 16.2 Å². The van der Waals surface area contributed by atoms with Crippen molar-refractivity contribution < 1.29 is 14.8 Å². The van der Waals surface area contributed by atoms with Gasteiger partial charge in [-0.1, -0.05) is 0 Å². The number of carbonyl (C=O) groups is 1. The van der Waals surface area contributed by atoms with Crippen LogP contribution in [-0.2, 0) is 4.79 Å². The molecule has 1 aromatic carbocycles. The van der Waals surface area contributed by atoms with E-state index >= 15 is 0 Å². The first-order chi connectivity index (χ1) is 9.00. The van der Waals surface area contributed by atoms with E-state index < -0.39 is 16.9 Å². The van der Waals surface area contributed by atoms with E-state index in [1.807, 2.05) is 0 Å². The Hall–Kier alpha value is -2.26. The molecule has 0 aliphatic carbocycles. The highest BCUT2D eigenvalue weighted by molar-refractivity contribution is 7.16. The number of carbonyl (C=O) groups excluding carboxylic acids is 1. The second kappa shape index (κ2) is 5.16. The van der Waals surface area contributed by atoms with Crippen molar-refractivity contribution >= 4 is 38.8 Å². The number of primary amides is 1. The second-order valence-corrected chi connectivity index (χ2v) is 4.60. The van der Waals surface area contributed by atoms with Gasteiger partial charge in [-0.3, -0.25) is 14.9 Å². The first-order valence-corrected chi connectivity index (χ1v) is 6.10. The number of nitro benzene ring substituents is 1. The number of benzene rings is 1. The molecule has 1 unspecified atom stereocenters. The molecule has 0 aliphatic heterocycles. The highest BCUT2D eigenvalue weighted by atomic mass is 32.1. The van der Waals surface area contributed by atoms with E-state index in [9.17, 15) is 20.0 Å². The Kier molecular flexibility index (Phi) is 3.58. The molecule has 2 rings (SSSR count). The normalized spacial score (nSPS) is 12.3. The standard InChI is InChI=1S/C10H10N4O4S/c11-10(16)6(15)3-12-5-1-2-7-8(13-4-19-7)9(5)14(17)18/h1-2,4,6,12,15H,3H2,(H2,11,16). The van der Waals surface area contributed by atoms with Crippen molar-refractivity contribution in [3.8, 4) is 0 Å². The van der Waals surface area contributed by atoms with E-state index in [1.54, 1.807) is 6.07 Å². The average molecular weight is 282 g/mol. The van der Waals surface area contributed by atoms with Crippen molar-refractivity contribution in [2.24, 2.45) is 5.73 Å². The molecule has 1 heterocycles. The number of thiazole rings is 1. The number of aromatic nitrogens is 1. The van der Waals surface area contributed by atoms with Crippen LogP contribution in [0.5, 0.6) is 0 Å². The number of aliphatic hydroxyl groups is 1. The topological polar surface area (TPSA) is 131 Å². The molecule has 0 radical (unpaired) electrons. The summed E-state index contributed by atoms with van der Waals surface area (Å²) in [5.74, 6) is -0.898. The Labute approximate surface area is 111 Å². The fourth-order valence-electron chi connectivity index (χ4n) is 1.55. The van der Waals surface area contributed by atoms with Crippen molar-refractivity contribution in [2.75, 3.05) is 11.9 Å². The summed E-state index contributed by atoms with van der Waals surface area (Å²) in [6, 6.07) is 3.19. The van der Waals surface area contributed by atoms with Gasteiger partial charge in [0.2, 0.25) is 5.91 Å². The zero-order valence-corrected chi connectivity index (χ0v) is 10.4. The van der Waals surface area contributed by atoms with Crippen molar-refractivity contribution in [1.29, 1.82) is 0 Å². The van der Waals surface area contributed by atoms with Gasteiger partial charge in [0.05, 0.1) is 21.7 Å². The number of hydrogen-bond acceptors (Lipinski definition) is 7. The largest absolute Gasteiger partial charge is 0.381 e. The minimum Gasteiger partial charge on any atom is -0.381 e. The maximum atomic E-state index is 11.1. The molecule has 0 bridgehead atoms. The summed E-state index contributed by atoms with van der Waals surface area (Å²) in [4.78, 5) is 25.2. The van der Waals surface area contributed by atoms with Crippen LogP contribution in [0.25, 0.3) is 10.2 Å². The number of rotatable bonds is 5. The summed E-state index contributed by atoms with van der Waals surface area (Å²) in [5, 5.41) is 23.0. The molecule has 0 saturated heterocycles. The summed E-state index contributed by atoms with van der Waals surface area (Å²) in [6.45, 7) is -0.203. The fraction of sp³-hybridized carbons (Fsp3) is 0.200. The summed E-state index contributed by atoms with van der Waals surface area (Å²) in [6.07, 6.45) is -1.41. The number of nitro groups is 1. The van der Waals surface area contributed by atoms with Crippen LogP contribution in [-0.4, -0.2) is 33.6 Å². The zero-order chi connectivity index (χ0) is 14.0. The Morgan fingerprint density at radius 1 is 1.63 bits per heavy atom. The molecule has 1 atom stereocenters. The van der Waals surface area contributed by atoms with Gasteiger partial charge >= 0.3 is 5.69 Å². The summed E-state index contributed by atoms with van der Waals surface area (Å²) < 4.78 is 0.688. The molecule has 0 aliphatic rings. The van der Waals surface area contributed by atoms with E-state index in [1.165, 1.54) is 22.9 Å². The fourth-order valence-corrected chi connectivity index (χ4v) is 2.23. The minimum atomic E-state index is -1.41. The van der Waals surface area contributed by atoms with E-state index in [-0.39, 0.29) is 23.4 Å². The van der Waals surface area contributed by atoms with Gasteiger partial charge in [0.15, 0.2) is 5.52 Å². The molecular weight excluding hydrogens is 272 g/mol. The van der Waals surface area contributed by atoms with Crippen LogP contribution in [0.1, 0.15) is 0 Å². The molecule has 19 heavy (non-hydrogen) atoms. The van der Waals surface area contributed by atoms with Crippen molar-refractivity contribution in [3.05, 3.63) is 27.8 Å². The molecule has 8 nitrogen and oxygen atoms in total. The molecule has 1 aromatic heterocycles. The third kappa shape index (κ3) is 2.61. The van der Waals surface area contributed by atoms with Crippen molar-refractivity contribution in [1.82, 2.24) is 4.98 Å². The van der Waals surface area contributed by atoms with Gasteiger partial charge in [-0.15, -0.1) is 11.3 Å². The van der Waals surface area contributed by atoms with Crippen molar-refractivity contribution in [3.63, 3.8) is 0 Å². The lowest BCUT2D eigenvalue weighted by Crippen LogP contribution is -2.34. The molecular formula is C10H10N4O4S. The lowest BCUT2D eigenvalue weighted by Gasteiger charge is -2.10. The van der Waals surface area contributed by atoms with Crippen LogP contribution in [0.15, 0.2) is 17.6 Å². The first-order valence-electron chi connectivity index (χ1n) is 5.22. The van der Waals surface area contributed by atoms with Crippen LogP contribution >= 0.6 is 11.3 Å². The van der Waals surface area contributed by atoms with Gasteiger partial charge in [0.1, 0.15) is 11.8 Å². The van der Waals surface area contributed by atoms with Gasteiger partial charge in [-0.25, -0.2) is 4.98 Å². The van der Waals surface area contributed by atoms with E-state index in [0.29, 0.717) is 4.70 Å². The average Bonchev–Trinajstić information content (AvgIpc) is 2.82. The number of fused-ring (bicyclic) bond motifs is 1. The molecule has 0 saturated carbocycles. The highest BCUT2D eigenvalue weighted by Crippen LogP contribution is 2.34. The Bertz CT molecular complexity index is 641. The number of amides is 1. The SMILES string of the molecule is NC(=O)C(O)CNc1ccc2scnc2c1[N+](=O)[O-]. The lowest BCUT2D eigenvalue weighted by molar-refractivity contribution is -0.382. The molecule has 0 spiro atoms. The minimum absolute atomic E-state index is 0.184. The maximum absolute atomic E-state index is 11.1. The highest BCUT2D eigenvalue weighted by Gasteiger charge is 2.21. The van der Waals surface area contributed by atoms with E-state index in [2.05, 4.69) is 10.3 Å². The van der Waals surface area contributed by atoms with E-state index in [0.717, 1.165) is 0 Å². The van der Waals surface area contributed by atoms with Gasteiger partial charge in [-0.2, -0.15) is 0 Å². The quantitative estimate of drug-likeness (QED) is 0.539. The lowest BCUT2D eigenvalue weighted by atomic mass is 10.2. The number of nitrogens with zero attached hydrogens (tertiary/aromatic N) is 2. The Balaban J connectivity index is 2.34. The smallest absolute Gasteiger partial charge is 0.319 e. The predicted octanol–water partition coefficient (Wildman–Crippen LogP) is 0.463. The number of nitrogens with two attached hydrogens (primary N) is 1. The predicted molar refractivity (Wildman–Crippen MR) is 70.0 cm³/mol. The van der Waals surface area contributed by atoms with Gasteiger partial charge in [-0.05, 0) is 12.1 Å². The zero-order valence-electron chi connectivity index (χ0n) is 9.57. The third-order valence-corrected chi connectivity index (χ3v) is 3.27. The second-order valence-electron chi connectivity index (χ2n) is 3.72. The van der Waals surface area contributed by atoms with Crippen LogP contribution < -0.4 is 11.1 Å². The molecule has 2 aromatic rings. The number of nitrogens with one attached hydrogen (secondary N) is 1. The number of anilines is 1. The van der Waals surface area contributed by atoms with E-state index in [4.69, 9.17) is 5.73 Å². The van der Waals surface area contributed by atoms with Crippen LogP contribution in [0, 0.1) is 10.1 Å². The summed E-state index contributed by atoms with van der Waals surface area (Å²) >= 11 is 1.29. The molecule has 4 N–H and O–H groups in total. The number of hydrogen-bond donors (Lipinski definition) is 3. The summed E-state index contributed by atoms with van der Waals surface area (Å²) in [5.41, 5.74) is 6.68. The van der Waals surface area contributed by atoms with Crippen molar-refractivity contribution in [2.45, 2.75) is 6.10 Å². The molecule has 1 amide bonds. The third-order valence-electron chi connectivity index (χ3n) is 2.47. The molecule has 9 heteroatoms. The first kappa shape index (κ1) is 13.2. The van der Waals surface area contributed by atoms with Gasteiger partial charge in [0, 0.05) is 0 Å². The van der Waals surface area contributed by atoms with Crippen LogP contribution in [0.4, 0.5) is 11.4 Å². The Morgan fingerprint density at radius 2 is 2.37 bits per heavy atom. The number of aliphatic hydroxyl groups excluding tert-OH is 1. The molecule has 100 valence electrons. The molecule has 0 fully saturated rings.